The Morgan fingerprint density at radius 1 is 1.24 bits per heavy atom. The van der Waals surface area contributed by atoms with Crippen LogP contribution in [0.25, 0.3) is 10.2 Å². The number of ether oxygens (including phenoxy) is 1. The van der Waals surface area contributed by atoms with Crippen LogP contribution in [0.5, 0.6) is 5.75 Å². The summed E-state index contributed by atoms with van der Waals surface area (Å²) in [5.74, 6) is 0.340. The number of fused-ring (bicyclic) bond motifs is 1. The van der Waals surface area contributed by atoms with Crippen molar-refractivity contribution in [1.29, 1.82) is 0 Å². The monoisotopic (exact) mass is 376 g/mol. The van der Waals surface area contributed by atoms with Crippen molar-refractivity contribution in [3.05, 3.63) is 48.0 Å². The lowest BCUT2D eigenvalue weighted by Crippen LogP contribution is -2.12. The van der Waals surface area contributed by atoms with Gasteiger partial charge in [-0.2, -0.15) is 0 Å². The molecule has 0 spiro atoms. The second-order valence-electron chi connectivity index (χ2n) is 5.34. The van der Waals surface area contributed by atoms with Crippen LogP contribution < -0.4 is 10.1 Å². The molecule has 3 aromatic rings. The zero-order valence-corrected chi connectivity index (χ0v) is 15.3. The van der Waals surface area contributed by atoms with Crippen molar-refractivity contribution < 1.29 is 17.9 Å². The van der Waals surface area contributed by atoms with Crippen molar-refractivity contribution in [3.8, 4) is 5.75 Å². The molecule has 25 heavy (non-hydrogen) atoms. The molecule has 0 aliphatic carbocycles. The predicted molar refractivity (Wildman–Crippen MR) is 98.3 cm³/mol. The summed E-state index contributed by atoms with van der Waals surface area (Å²) in [6, 6.07) is 11.4. The smallest absolute Gasteiger partial charge is 0.257 e. The van der Waals surface area contributed by atoms with E-state index in [4.69, 9.17) is 4.74 Å². The SMILES string of the molecule is CCOc1ccc2nc(NC(=O)c3cccc(S(C)(=O)=O)c3)sc2c1. The largest absolute Gasteiger partial charge is 0.494 e. The number of hydrogen-bond donors (Lipinski definition) is 1. The highest BCUT2D eigenvalue weighted by molar-refractivity contribution is 7.90. The number of nitrogens with zero attached hydrogens (tertiary/aromatic N) is 1. The van der Waals surface area contributed by atoms with E-state index in [0.29, 0.717) is 11.7 Å². The van der Waals surface area contributed by atoms with E-state index in [1.807, 2.05) is 25.1 Å². The summed E-state index contributed by atoms with van der Waals surface area (Å²) in [7, 11) is -3.37. The number of carbonyl (C=O) groups excluding carboxylic acids is 1. The Balaban J connectivity index is 1.84. The molecule has 130 valence electrons. The van der Waals surface area contributed by atoms with Gasteiger partial charge >= 0.3 is 0 Å². The number of benzene rings is 2. The minimum atomic E-state index is -3.37. The third kappa shape index (κ3) is 3.97. The Bertz CT molecular complexity index is 1040. The molecule has 2 aromatic carbocycles. The van der Waals surface area contributed by atoms with Gasteiger partial charge in [-0.1, -0.05) is 17.4 Å². The van der Waals surface area contributed by atoms with E-state index >= 15 is 0 Å². The summed E-state index contributed by atoms with van der Waals surface area (Å²) in [6.07, 6.45) is 1.10. The summed E-state index contributed by atoms with van der Waals surface area (Å²) in [6.45, 7) is 2.48. The van der Waals surface area contributed by atoms with Crippen LogP contribution in [-0.4, -0.2) is 32.2 Å². The topological polar surface area (TPSA) is 85.4 Å². The van der Waals surface area contributed by atoms with Gasteiger partial charge in [-0.15, -0.1) is 0 Å². The number of amides is 1. The van der Waals surface area contributed by atoms with E-state index in [0.717, 1.165) is 22.2 Å². The van der Waals surface area contributed by atoms with Crippen LogP contribution in [0.2, 0.25) is 0 Å². The number of rotatable bonds is 5. The van der Waals surface area contributed by atoms with Crippen LogP contribution in [0.4, 0.5) is 5.13 Å². The highest BCUT2D eigenvalue weighted by Gasteiger charge is 2.14. The maximum atomic E-state index is 12.4. The van der Waals surface area contributed by atoms with Gasteiger partial charge in [0.25, 0.3) is 5.91 Å². The van der Waals surface area contributed by atoms with Gasteiger partial charge in [-0.3, -0.25) is 10.1 Å². The van der Waals surface area contributed by atoms with Crippen molar-refractivity contribution in [2.45, 2.75) is 11.8 Å². The average Bonchev–Trinajstić information content (AvgIpc) is 2.96. The van der Waals surface area contributed by atoms with Crippen LogP contribution in [0, 0.1) is 0 Å². The van der Waals surface area contributed by atoms with Gasteiger partial charge in [0.15, 0.2) is 15.0 Å². The second-order valence-corrected chi connectivity index (χ2v) is 8.38. The summed E-state index contributed by atoms with van der Waals surface area (Å²) in [5, 5.41) is 3.15. The van der Waals surface area contributed by atoms with Crippen molar-refractivity contribution in [2.75, 3.05) is 18.2 Å². The highest BCUT2D eigenvalue weighted by atomic mass is 32.2. The molecule has 1 aromatic heterocycles. The van der Waals surface area contributed by atoms with Gasteiger partial charge in [0.1, 0.15) is 5.75 Å². The van der Waals surface area contributed by atoms with Crippen LogP contribution in [-0.2, 0) is 9.84 Å². The first-order valence-corrected chi connectivity index (χ1v) is 10.2. The first-order valence-electron chi connectivity index (χ1n) is 7.51. The van der Waals surface area contributed by atoms with E-state index in [9.17, 15) is 13.2 Å². The predicted octanol–water partition coefficient (Wildman–Crippen LogP) is 3.35. The van der Waals surface area contributed by atoms with Crippen LogP contribution in [0.15, 0.2) is 47.4 Å². The molecule has 0 aliphatic heterocycles. The molecule has 1 amide bonds. The van der Waals surface area contributed by atoms with E-state index in [1.165, 1.54) is 29.5 Å². The third-order valence-corrected chi connectivity index (χ3v) is 5.46. The lowest BCUT2D eigenvalue weighted by molar-refractivity contribution is 0.102. The molecule has 1 heterocycles. The maximum absolute atomic E-state index is 12.4. The van der Waals surface area contributed by atoms with Gasteiger partial charge < -0.3 is 4.74 Å². The van der Waals surface area contributed by atoms with E-state index in [1.54, 1.807) is 6.07 Å². The molecule has 8 heteroatoms. The van der Waals surface area contributed by atoms with Crippen LogP contribution >= 0.6 is 11.3 Å². The second kappa shape index (κ2) is 6.81. The minimum Gasteiger partial charge on any atom is -0.494 e. The van der Waals surface area contributed by atoms with Gasteiger partial charge in [0.05, 0.1) is 21.7 Å². The van der Waals surface area contributed by atoms with Crippen molar-refractivity contribution in [2.24, 2.45) is 0 Å². The molecule has 0 fully saturated rings. The fraction of sp³-hybridized carbons (Fsp3) is 0.176. The molecule has 0 unspecified atom stereocenters. The summed E-state index contributed by atoms with van der Waals surface area (Å²) >= 11 is 1.33. The molecular formula is C17H16N2O4S2. The van der Waals surface area contributed by atoms with Crippen molar-refractivity contribution >= 4 is 42.4 Å². The molecule has 0 saturated carbocycles. The molecular weight excluding hydrogens is 360 g/mol. The molecule has 0 bridgehead atoms. The van der Waals surface area contributed by atoms with E-state index in [-0.39, 0.29) is 10.5 Å². The molecule has 0 atom stereocenters. The lowest BCUT2D eigenvalue weighted by Gasteiger charge is -2.03. The Morgan fingerprint density at radius 3 is 2.76 bits per heavy atom. The Hall–Kier alpha value is -2.45. The molecule has 0 radical (unpaired) electrons. The number of anilines is 1. The number of sulfone groups is 1. The first kappa shape index (κ1) is 17.4. The normalized spacial score (nSPS) is 11.4. The first-order chi connectivity index (χ1) is 11.9. The Kier molecular flexibility index (Phi) is 4.73. The van der Waals surface area contributed by atoms with Crippen molar-refractivity contribution in [3.63, 3.8) is 0 Å². The lowest BCUT2D eigenvalue weighted by atomic mass is 10.2. The number of nitrogens with one attached hydrogen (secondary N) is 1. The number of carbonyl (C=O) groups is 1. The van der Waals surface area contributed by atoms with Gasteiger partial charge in [0.2, 0.25) is 0 Å². The zero-order chi connectivity index (χ0) is 18.0. The van der Waals surface area contributed by atoms with Gasteiger partial charge in [0, 0.05) is 11.8 Å². The standard InChI is InChI=1S/C17H16N2O4S2/c1-3-23-12-7-8-14-15(10-12)24-17(18-14)19-16(20)11-5-4-6-13(9-11)25(2,21)22/h4-10H,3H2,1-2H3,(H,18,19,20). The Labute approximate surface area is 149 Å². The fourth-order valence-electron chi connectivity index (χ4n) is 2.25. The highest BCUT2D eigenvalue weighted by Crippen LogP contribution is 2.29. The maximum Gasteiger partial charge on any atom is 0.257 e. The summed E-state index contributed by atoms with van der Waals surface area (Å²) in [5.41, 5.74) is 1.02. The summed E-state index contributed by atoms with van der Waals surface area (Å²) in [4.78, 5) is 16.8. The number of hydrogen-bond acceptors (Lipinski definition) is 6. The minimum absolute atomic E-state index is 0.103. The quantitative estimate of drug-likeness (QED) is 0.738. The molecule has 0 aliphatic rings. The molecule has 3 rings (SSSR count). The molecule has 6 nitrogen and oxygen atoms in total. The molecule has 1 N–H and O–H groups in total. The summed E-state index contributed by atoms with van der Waals surface area (Å²) < 4.78 is 29.6. The average molecular weight is 376 g/mol. The van der Waals surface area contributed by atoms with Crippen LogP contribution in [0.3, 0.4) is 0 Å². The fourth-order valence-corrected chi connectivity index (χ4v) is 3.81. The van der Waals surface area contributed by atoms with Gasteiger partial charge in [-0.05, 0) is 43.3 Å². The van der Waals surface area contributed by atoms with E-state index < -0.39 is 15.7 Å². The van der Waals surface area contributed by atoms with E-state index in [2.05, 4.69) is 10.3 Å². The molecule has 0 saturated heterocycles. The van der Waals surface area contributed by atoms with Crippen molar-refractivity contribution in [1.82, 2.24) is 4.98 Å². The zero-order valence-electron chi connectivity index (χ0n) is 13.6. The third-order valence-electron chi connectivity index (χ3n) is 3.42. The number of aromatic nitrogens is 1. The van der Waals surface area contributed by atoms with Gasteiger partial charge in [-0.25, -0.2) is 13.4 Å². The van der Waals surface area contributed by atoms with Crippen LogP contribution in [0.1, 0.15) is 17.3 Å². The number of thiazole rings is 1. The Morgan fingerprint density at radius 2 is 2.04 bits per heavy atom.